The van der Waals surface area contributed by atoms with Gasteiger partial charge in [-0.15, -0.1) is 0 Å². The first-order valence-corrected chi connectivity index (χ1v) is 11.2. The summed E-state index contributed by atoms with van der Waals surface area (Å²) in [5.41, 5.74) is 0.922. The van der Waals surface area contributed by atoms with Crippen molar-refractivity contribution in [3.63, 3.8) is 0 Å². The predicted molar refractivity (Wildman–Crippen MR) is 112 cm³/mol. The number of nitrogens with two attached hydrogens (primary N) is 1. The van der Waals surface area contributed by atoms with Crippen molar-refractivity contribution >= 4 is 33.2 Å². The van der Waals surface area contributed by atoms with Gasteiger partial charge in [0, 0.05) is 17.2 Å². The second-order valence-electron chi connectivity index (χ2n) is 7.49. The Bertz CT molecular complexity index is 1080. The number of carbonyl (C=O) groups is 2. The molecule has 160 valence electrons. The van der Waals surface area contributed by atoms with Crippen molar-refractivity contribution in [1.29, 1.82) is 0 Å². The minimum atomic E-state index is -3.96. The summed E-state index contributed by atoms with van der Waals surface area (Å²) in [7, 11) is -3.96. The summed E-state index contributed by atoms with van der Waals surface area (Å²) in [4.78, 5) is 24.9. The molecule has 0 unspecified atom stereocenters. The minimum Gasteiger partial charge on any atom is -0.323 e. The van der Waals surface area contributed by atoms with E-state index in [1.807, 2.05) is 0 Å². The number of benzene rings is 2. The Labute approximate surface area is 174 Å². The Balaban J connectivity index is 1.78. The Morgan fingerprint density at radius 2 is 1.73 bits per heavy atom. The van der Waals surface area contributed by atoms with Crippen LogP contribution in [0.4, 0.5) is 15.8 Å². The standard InChI is InChI=1S/C21H24FN3O4S/c1-13-7-9-16(30(23,28)29)12-17(13)21(27)24-15-8-10-18(22)19(11-15)25-20(26)14-5-3-2-4-6-14/h7-12,14H,2-6H2,1H3,(H,24,27)(H,25,26)(H2,23,28,29). The fourth-order valence-electron chi connectivity index (χ4n) is 3.52. The average molecular weight is 434 g/mol. The molecule has 3 rings (SSSR count). The first-order chi connectivity index (χ1) is 14.1. The molecule has 4 N–H and O–H groups in total. The first kappa shape index (κ1) is 21.9. The number of amides is 2. The van der Waals surface area contributed by atoms with Crippen molar-refractivity contribution < 1.29 is 22.4 Å². The van der Waals surface area contributed by atoms with E-state index in [0.717, 1.165) is 38.2 Å². The van der Waals surface area contributed by atoms with Gasteiger partial charge < -0.3 is 10.6 Å². The Hall–Kier alpha value is -2.78. The summed E-state index contributed by atoms with van der Waals surface area (Å²) in [6.07, 6.45) is 4.63. The van der Waals surface area contributed by atoms with Gasteiger partial charge in [-0.2, -0.15) is 0 Å². The van der Waals surface area contributed by atoms with Gasteiger partial charge >= 0.3 is 0 Å². The Morgan fingerprint density at radius 1 is 1.03 bits per heavy atom. The van der Waals surface area contributed by atoms with E-state index >= 15 is 0 Å². The molecule has 0 spiro atoms. The number of carbonyl (C=O) groups excluding carboxylic acids is 2. The van der Waals surface area contributed by atoms with E-state index < -0.39 is 21.7 Å². The summed E-state index contributed by atoms with van der Waals surface area (Å²) in [6.45, 7) is 1.66. The van der Waals surface area contributed by atoms with E-state index in [1.165, 1.54) is 30.3 Å². The van der Waals surface area contributed by atoms with Gasteiger partial charge in [-0.25, -0.2) is 17.9 Å². The van der Waals surface area contributed by atoms with E-state index in [9.17, 15) is 22.4 Å². The van der Waals surface area contributed by atoms with Gasteiger partial charge in [-0.3, -0.25) is 9.59 Å². The molecule has 30 heavy (non-hydrogen) atoms. The number of sulfonamides is 1. The highest BCUT2D eigenvalue weighted by molar-refractivity contribution is 7.89. The molecule has 0 saturated heterocycles. The molecule has 2 aromatic rings. The Kier molecular flexibility index (Phi) is 6.52. The third-order valence-electron chi connectivity index (χ3n) is 5.24. The predicted octanol–water partition coefficient (Wildman–Crippen LogP) is 3.55. The lowest BCUT2D eigenvalue weighted by molar-refractivity contribution is -0.120. The molecular weight excluding hydrogens is 409 g/mol. The van der Waals surface area contributed by atoms with Crippen LogP contribution >= 0.6 is 0 Å². The van der Waals surface area contributed by atoms with Gasteiger partial charge in [0.1, 0.15) is 5.82 Å². The number of hydrogen-bond donors (Lipinski definition) is 3. The number of halogens is 1. The lowest BCUT2D eigenvalue weighted by Crippen LogP contribution is -2.25. The van der Waals surface area contributed by atoms with Crippen molar-refractivity contribution in [3.8, 4) is 0 Å². The van der Waals surface area contributed by atoms with Gasteiger partial charge in [-0.1, -0.05) is 25.3 Å². The normalized spacial score (nSPS) is 14.9. The number of primary sulfonamides is 1. The number of rotatable bonds is 5. The van der Waals surface area contributed by atoms with Crippen molar-refractivity contribution in [2.24, 2.45) is 11.1 Å². The summed E-state index contributed by atoms with van der Waals surface area (Å²) >= 11 is 0. The zero-order valence-electron chi connectivity index (χ0n) is 16.6. The second kappa shape index (κ2) is 8.93. The zero-order valence-corrected chi connectivity index (χ0v) is 17.4. The smallest absolute Gasteiger partial charge is 0.255 e. The van der Waals surface area contributed by atoms with Crippen LogP contribution in [0, 0.1) is 18.7 Å². The van der Waals surface area contributed by atoms with E-state index in [0.29, 0.717) is 5.56 Å². The van der Waals surface area contributed by atoms with Crippen LogP contribution < -0.4 is 15.8 Å². The van der Waals surface area contributed by atoms with Gasteiger partial charge in [-0.05, 0) is 55.7 Å². The molecule has 1 aliphatic carbocycles. The molecule has 2 aromatic carbocycles. The molecule has 0 aliphatic heterocycles. The molecule has 1 fully saturated rings. The highest BCUT2D eigenvalue weighted by Gasteiger charge is 2.22. The van der Waals surface area contributed by atoms with Crippen LogP contribution in [0.1, 0.15) is 48.0 Å². The number of anilines is 2. The first-order valence-electron chi connectivity index (χ1n) is 9.70. The minimum absolute atomic E-state index is 0.0154. The van der Waals surface area contributed by atoms with Crippen LogP contribution in [0.5, 0.6) is 0 Å². The lowest BCUT2D eigenvalue weighted by atomic mass is 9.88. The van der Waals surface area contributed by atoms with Crippen LogP contribution in [0.2, 0.25) is 0 Å². The maximum atomic E-state index is 14.2. The van der Waals surface area contributed by atoms with Crippen LogP contribution in [0.25, 0.3) is 0 Å². The maximum absolute atomic E-state index is 14.2. The highest BCUT2D eigenvalue weighted by atomic mass is 32.2. The largest absolute Gasteiger partial charge is 0.323 e. The average Bonchev–Trinajstić information content (AvgIpc) is 2.70. The molecule has 0 aromatic heterocycles. The van der Waals surface area contributed by atoms with E-state index in [4.69, 9.17) is 5.14 Å². The molecule has 9 heteroatoms. The van der Waals surface area contributed by atoms with E-state index in [2.05, 4.69) is 10.6 Å². The SMILES string of the molecule is Cc1ccc(S(N)(=O)=O)cc1C(=O)Nc1ccc(F)c(NC(=O)C2CCCCC2)c1. The van der Waals surface area contributed by atoms with Crippen LogP contribution in [0.3, 0.4) is 0 Å². The summed E-state index contributed by atoms with van der Waals surface area (Å²) in [5, 5.41) is 10.3. The molecule has 7 nitrogen and oxygen atoms in total. The van der Waals surface area contributed by atoms with E-state index in [1.54, 1.807) is 6.92 Å². The Morgan fingerprint density at radius 3 is 2.40 bits per heavy atom. The number of nitrogens with one attached hydrogen (secondary N) is 2. The third kappa shape index (κ3) is 5.22. The van der Waals surface area contributed by atoms with Gasteiger partial charge in [0.05, 0.1) is 10.6 Å². The van der Waals surface area contributed by atoms with Crippen molar-refractivity contribution in [1.82, 2.24) is 0 Å². The van der Waals surface area contributed by atoms with Crippen molar-refractivity contribution in [2.45, 2.75) is 43.9 Å². The second-order valence-corrected chi connectivity index (χ2v) is 9.06. The van der Waals surface area contributed by atoms with Crippen molar-refractivity contribution in [3.05, 3.63) is 53.3 Å². The fraction of sp³-hybridized carbons (Fsp3) is 0.333. The highest BCUT2D eigenvalue weighted by Crippen LogP contribution is 2.27. The molecule has 0 bridgehead atoms. The fourth-order valence-corrected chi connectivity index (χ4v) is 4.06. The molecule has 0 radical (unpaired) electrons. The summed E-state index contributed by atoms with van der Waals surface area (Å²) in [6, 6.07) is 7.84. The summed E-state index contributed by atoms with van der Waals surface area (Å²) in [5.74, 6) is -1.55. The molecular formula is C21H24FN3O4S. The molecule has 1 saturated carbocycles. The van der Waals surface area contributed by atoms with Crippen LogP contribution in [-0.2, 0) is 14.8 Å². The quantitative estimate of drug-likeness (QED) is 0.668. The molecule has 0 atom stereocenters. The lowest BCUT2D eigenvalue weighted by Gasteiger charge is -2.21. The number of hydrogen-bond acceptors (Lipinski definition) is 4. The molecule has 0 heterocycles. The maximum Gasteiger partial charge on any atom is 0.255 e. The van der Waals surface area contributed by atoms with Crippen LogP contribution in [0.15, 0.2) is 41.3 Å². The van der Waals surface area contributed by atoms with Gasteiger partial charge in [0.15, 0.2) is 0 Å². The third-order valence-corrected chi connectivity index (χ3v) is 6.15. The zero-order chi connectivity index (χ0) is 21.9. The number of aryl methyl sites for hydroxylation is 1. The topological polar surface area (TPSA) is 118 Å². The van der Waals surface area contributed by atoms with E-state index in [-0.39, 0.29) is 33.7 Å². The molecule has 2 amide bonds. The summed E-state index contributed by atoms with van der Waals surface area (Å²) < 4.78 is 37.3. The van der Waals surface area contributed by atoms with Crippen molar-refractivity contribution in [2.75, 3.05) is 10.6 Å². The monoisotopic (exact) mass is 433 g/mol. The molecule has 1 aliphatic rings. The van der Waals surface area contributed by atoms with Gasteiger partial charge in [0.25, 0.3) is 5.91 Å². The van der Waals surface area contributed by atoms with Crippen LogP contribution in [-0.4, -0.2) is 20.2 Å². The van der Waals surface area contributed by atoms with Gasteiger partial charge in [0.2, 0.25) is 15.9 Å².